The molecule has 1 aromatic heterocycles. The van der Waals surface area contributed by atoms with Crippen molar-refractivity contribution in [2.75, 3.05) is 26.0 Å². The normalized spacial score (nSPS) is 11.2. The molecular formula is C15H20N4O. The number of anilines is 1. The van der Waals surface area contributed by atoms with Crippen LogP contribution in [0.3, 0.4) is 0 Å². The third kappa shape index (κ3) is 2.27. The number of nitrogens with zero attached hydrogens (tertiary/aromatic N) is 4. The van der Waals surface area contributed by atoms with Crippen molar-refractivity contribution >= 4 is 12.0 Å². The molecule has 1 heterocycles. The van der Waals surface area contributed by atoms with E-state index >= 15 is 0 Å². The first-order valence-electron chi connectivity index (χ1n) is 6.45. The van der Waals surface area contributed by atoms with Gasteiger partial charge in [0.05, 0.1) is 5.69 Å². The van der Waals surface area contributed by atoms with Gasteiger partial charge in [0.2, 0.25) is 0 Å². The first-order chi connectivity index (χ1) is 9.47. The average Bonchev–Trinajstić information content (AvgIpc) is 2.65. The highest BCUT2D eigenvalue weighted by Crippen LogP contribution is 2.20. The van der Waals surface area contributed by atoms with Gasteiger partial charge in [0, 0.05) is 34.4 Å². The van der Waals surface area contributed by atoms with Gasteiger partial charge in [0.15, 0.2) is 0 Å². The minimum Gasteiger partial charge on any atom is -0.362 e. The topological polar surface area (TPSA) is 42.5 Å². The second kappa shape index (κ2) is 5.36. The largest absolute Gasteiger partial charge is 0.362 e. The number of benzene rings is 1. The van der Waals surface area contributed by atoms with E-state index in [1.165, 1.54) is 5.56 Å². The van der Waals surface area contributed by atoms with E-state index in [-0.39, 0.29) is 5.69 Å². The van der Waals surface area contributed by atoms with Crippen LogP contribution in [-0.4, -0.2) is 36.5 Å². The van der Waals surface area contributed by atoms with Crippen molar-refractivity contribution in [1.82, 2.24) is 9.13 Å². The molecule has 0 spiro atoms. The number of aromatic nitrogens is 2. The van der Waals surface area contributed by atoms with Crippen LogP contribution in [0.4, 0.5) is 5.82 Å². The van der Waals surface area contributed by atoms with Crippen LogP contribution in [0.25, 0.3) is 5.69 Å². The lowest BCUT2D eigenvalue weighted by atomic mass is 10.2. The summed E-state index contributed by atoms with van der Waals surface area (Å²) in [6.07, 6.45) is 1.71. The third-order valence-corrected chi connectivity index (χ3v) is 3.25. The molecule has 0 saturated carbocycles. The summed E-state index contributed by atoms with van der Waals surface area (Å²) in [5, 5.41) is 0. The standard InChI is InChI=1S/C15H20N4O/c1-11-6-8-12(9-7-11)19-14(17(3)4)13(10-16-2)18(5)15(19)20/h6-10H,1-5H3. The van der Waals surface area contributed by atoms with E-state index in [0.29, 0.717) is 0 Å². The van der Waals surface area contributed by atoms with Crippen molar-refractivity contribution in [3.05, 3.63) is 46.0 Å². The van der Waals surface area contributed by atoms with E-state index < -0.39 is 0 Å². The minimum atomic E-state index is -0.0764. The molecule has 106 valence electrons. The molecule has 0 radical (unpaired) electrons. The first kappa shape index (κ1) is 14.1. The zero-order valence-corrected chi connectivity index (χ0v) is 12.6. The maximum atomic E-state index is 12.5. The first-order valence-corrected chi connectivity index (χ1v) is 6.45. The van der Waals surface area contributed by atoms with Crippen LogP contribution in [0.2, 0.25) is 0 Å². The van der Waals surface area contributed by atoms with Gasteiger partial charge < -0.3 is 4.90 Å². The van der Waals surface area contributed by atoms with Gasteiger partial charge >= 0.3 is 5.69 Å². The number of aryl methyl sites for hydroxylation is 1. The Hall–Kier alpha value is -2.30. The van der Waals surface area contributed by atoms with Crippen molar-refractivity contribution in [2.24, 2.45) is 12.0 Å². The van der Waals surface area contributed by atoms with Gasteiger partial charge in [-0.3, -0.25) is 9.56 Å². The van der Waals surface area contributed by atoms with Crippen LogP contribution < -0.4 is 10.6 Å². The van der Waals surface area contributed by atoms with Crippen LogP contribution in [0.5, 0.6) is 0 Å². The molecular weight excluding hydrogens is 252 g/mol. The zero-order valence-electron chi connectivity index (χ0n) is 12.6. The van der Waals surface area contributed by atoms with E-state index in [0.717, 1.165) is 17.2 Å². The summed E-state index contributed by atoms with van der Waals surface area (Å²) < 4.78 is 3.32. The molecule has 0 aliphatic rings. The van der Waals surface area contributed by atoms with E-state index in [9.17, 15) is 4.79 Å². The molecule has 20 heavy (non-hydrogen) atoms. The Bertz CT molecular complexity index is 690. The number of imidazole rings is 1. The summed E-state index contributed by atoms with van der Waals surface area (Å²) >= 11 is 0. The second-order valence-electron chi connectivity index (χ2n) is 5.00. The molecule has 1 aromatic carbocycles. The Morgan fingerprint density at radius 3 is 2.30 bits per heavy atom. The van der Waals surface area contributed by atoms with Crippen LogP contribution in [-0.2, 0) is 7.05 Å². The second-order valence-corrected chi connectivity index (χ2v) is 5.00. The quantitative estimate of drug-likeness (QED) is 0.797. The predicted molar refractivity (Wildman–Crippen MR) is 83.6 cm³/mol. The van der Waals surface area contributed by atoms with Gasteiger partial charge in [-0.05, 0) is 19.1 Å². The number of hydrogen-bond donors (Lipinski definition) is 0. The van der Waals surface area contributed by atoms with Crippen LogP contribution in [0.1, 0.15) is 11.3 Å². The summed E-state index contributed by atoms with van der Waals surface area (Å²) in [4.78, 5) is 18.5. The lowest BCUT2D eigenvalue weighted by Gasteiger charge is -2.16. The molecule has 0 aliphatic heterocycles. The Labute approximate surface area is 118 Å². The predicted octanol–water partition coefficient (Wildman–Crippen LogP) is 1.60. The Morgan fingerprint density at radius 2 is 1.80 bits per heavy atom. The van der Waals surface area contributed by atoms with Gasteiger partial charge in [0.25, 0.3) is 0 Å². The van der Waals surface area contributed by atoms with Crippen LogP contribution in [0.15, 0.2) is 34.1 Å². The highest BCUT2D eigenvalue weighted by molar-refractivity contribution is 5.85. The minimum absolute atomic E-state index is 0.0764. The van der Waals surface area contributed by atoms with Crippen molar-refractivity contribution < 1.29 is 0 Å². The van der Waals surface area contributed by atoms with Gasteiger partial charge in [0.1, 0.15) is 11.5 Å². The monoisotopic (exact) mass is 272 g/mol. The highest BCUT2D eigenvalue weighted by atomic mass is 16.1. The molecule has 5 nitrogen and oxygen atoms in total. The van der Waals surface area contributed by atoms with E-state index in [2.05, 4.69) is 4.99 Å². The van der Waals surface area contributed by atoms with Crippen molar-refractivity contribution in [3.8, 4) is 5.69 Å². The van der Waals surface area contributed by atoms with E-state index in [1.54, 1.807) is 29.4 Å². The Balaban J connectivity index is 2.78. The molecule has 0 amide bonds. The highest BCUT2D eigenvalue weighted by Gasteiger charge is 2.19. The van der Waals surface area contributed by atoms with Gasteiger partial charge in [-0.15, -0.1) is 0 Å². The summed E-state index contributed by atoms with van der Waals surface area (Å²) in [5.74, 6) is 0.826. The molecule has 0 aliphatic carbocycles. The SMILES string of the molecule is CN=Cc1c(N(C)C)n(-c2ccc(C)cc2)c(=O)n1C. The molecule has 0 fully saturated rings. The van der Waals surface area contributed by atoms with Crippen LogP contribution in [0, 0.1) is 6.92 Å². The molecule has 2 aromatic rings. The molecule has 0 N–H and O–H groups in total. The average molecular weight is 272 g/mol. The summed E-state index contributed by atoms with van der Waals surface area (Å²) in [6, 6.07) is 7.91. The molecule has 2 rings (SSSR count). The summed E-state index contributed by atoms with van der Waals surface area (Å²) in [6.45, 7) is 2.03. The fraction of sp³-hybridized carbons (Fsp3) is 0.333. The number of hydrogen-bond acceptors (Lipinski definition) is 3. The van der Waals surface area contributed by atoms with Gasteiger partial charge in [-0.25, -0.2) is 9.36 Å². The molecule has 0 bridgehead atoms. The van der Waals surface area contributed by atoms with Gasteiger partial charge in [-0.2, -0.15) is 0 Å². The fourth-order valence-corrected chi connectivity index (χ4v) is 2.23. The lowest BCUT2D eigenvalue weighted by molar-refractivity contribution is 0.818. The molecule has 0 saturated heterocycles. The maximum absolute atomic E-state index is 12.5. The molecule has 0 atom stereocenters. The third-order valence-electron chi connectivity index (χ3n) is 3.25. The molecule has 5 heteroatoms. The smallest absolute Gasteiger partial charge is 0.334 e. The fourth-order valence-electron chi connectivity index (χ4n) is 2.23. The summed E-state index contributed by atoms with van der Waals surface area (Å²) in [5.41, 5.74) is 2.74. The summed E-state index contributed by atoms with van der Waals surface area (Å²) in [7, 11) is 7.31. The van der Waals surface area contributed by atoms with Gasteiger partial charge in [-0.1, -0.05) is 17.7 Å². The van der Waals surface area contributed by atoms with E-state index in [1.807, 2.05) is 50.2 Å². The Kier molecular flexibility index (Phi) is 3.79. The van der Waals surface area contributed by atoms with Crippen molar-refractivity contribution in [2.45, 2.75) is 6.92 Å². The zero-order chi connectivity index (χ0) is 14.9. The number of rotatable bonds is 3. The van der Waals surface area contributed by atoms with Crippen LogP contribution >= 0.6 is 0 Å². The number of aliphatic imine (C=N–C) groups is 1. The maximum Gasteiger partial charge on any atom is 0.334 e. The Morgan fingerprint density at radius 1 is 1.20 bits per heavy atom. The van der Waals surface area contributed by atoms with Crippen molar-refractivity contribution in [3.63, 3.8) is 0 Å². The van der Waals surface area contributed by atoms with Crippen molar-refractivity contribution in [1.29, 1.82) is 0 Å². The van der Waals surface area contributed by atoms with E-state index in [4.69, 9.17) is 0 Å². The lowest BCUT2D eigenvalue weighted by Crippen LogP contribution is -2.23. The molecule has 0 unspecified atom stereocenters.